The number of aryl methyl sites for hydroxylation is 3. The Balaban J connectivity index is 1.86. The van der Waals surface area contributed by atoms with Crippen molar-refractivity contribution in [1.82, 2.24) is 5.32 Å². The Morgan fingerprint density at radius 3 is 2.52 bits per heavy atom. The van der Waals surface area contributed by atoms with Gasteiger partial charge in [0.25, 0.3) is 5.91 Å². The highest BCUT2D eigenvalue weighted by Crippen LogP contribution is 2.30. The van der Waals surface area contributed by atoms with E-state index >= 15 is 0 Å². The zero-order chi connectivity index (χ0) is 15.0. The smallest absolute Gasteiger partial charge is 0.287 e. The van der Waals surface area contributed by atoms with E-state index in [1.165, 1.54) is 0 Å². The van der Waals surface area contributed by atoms with Gasteiger partial charge < -0.3 is 19.2 Å². The fourth-order valence-corrected chi connectivity index (χ4v) is 2.67. The van der Waals surface area contributed by atoms with Gasteiger partial charge >= 0.3 is 0 Å². The summed E-state index contributed by atoms with van der Waals surface area (Å²) in [6.07, 6.45) is -0.359. The fraction of sp³-hybridized carbons (Fsp3) is 0.438. The van der Waals surface area contributed by atoms with Gasteiger partial charge in [0.15, 0.2) is 12.1 Å². The summed E-state index contributed by atoms with van der Waals surface area (Å²) in [5.74, 6) is 0.127. The van der Waals surface area contributed by atoms with E-state index < -0.39 is 0 Å². The van der Waals surface area contributed by atoms with Crippen LogP contribution in [-0.4, -0.2) is 32.0 Å². The Morgan fingerprint density at radius 1 is 1.19 bits per heavy atom. The van der Waals surface area contributed by atoms with Crippen LogP contribution in [0.5, 0.6) is 0 Å². The minimum absolute atomic E-state index is 0.235. The molecule has 0 radical (unpaired) electrons. The number of benzene rings is 1. The van der Waals surface area contributed by atoms with Gasteiger partial charge in [-0.3, -0.25) is 4.79 Å². The molecule has 1 fully saturated rings. The van der Waals surface area contributed by atoms with Crippen LogP contribution in [0.25, 0.3) is 11.0 Å². The van der Waals surface area contributed by atoms with Crippen LogP contribution in [-0.2, 0) is 9.47 Å². The zero-order valence-corrected chi connectivity index (χ0v) is 12.5. The van der Waals surface area contributed by atoms with Crippen molar-refractivity contribution < 1.29 is 18.7 Å². The molecule has 0 spiro atoms. The van der Waals surface area contributed by atoms with Crippen molar-refractivity contribution in [2.45, 2.75) is 27.1 Å². The van der Waals surface area contributed by atoms with Crippen LogP contribution < -0.4 is 5.32 Å². The molecule has 2 aromatic rings. The maximum Gasteiger partial charge on any atom is 0.287 e. The highest BCUT2D eigenvalue weighted by Gasteiger charge is 2.22. The minimum Gasteiger partial charge on any atom is -0.450 e. The molecule has 3 rings (SSSR count). The van der Waals surface area contributed by atoms with E-state index in [0.29, 0.717) is 25.5 Å². The number of rotatable bonds is 3. The van der Waals surface area contributed by atoms with E-state index in [0.717, 1.165) is 27.7 Å². The molecule has 1 aromatic carbocycles. The van der Waals surface area contributed by atoms with E-state index in [-0.39, 0.29) is 12.2 Å². The number of amides is 1. The normalized spacial score (nSPS) is 15.8. The lowest BCUT2D eigenvalue weighted by Gasteiger charge is -2.09. The summed E-state index contributed by atoms with van der Waals surface area (Å²) in [6.45, 7) is 7.38. The Labute approximate surface area is 123 Å². The average Bonchev–Trinajstić information content (AvgIpc) is 3.09. The standard InChI is InChI=1S/C16H19NO4/c1-9-4-5-10(2)14-13(9)11(3)15(21-14)16(18)17-8-12-19-6-7-20-12/h4-5,12H,6-8H2,1-3H3,(H,17,18). The molecule has 112 valence electrons. The molecule has 0 atom stereocenters. The van der Waals surface area contributed by atoms with Gasteiger partial charge in [-0.15, -0.1) is 0 Å². The topological polar surface area (TPSA) is 60.7 Å². The molecular weight excluding hydrogens is 270 g/mol. The van der Waals surface area contributed by atoms with Crippen LogP contribution in [0, 0.1) is 20.8 Å². The van der Waals surface area contributed by atoms with Gasteiger partial charge in [-0.05, 0) is 31.9 Å². The number of hydrogen-bond donors (Lipinski definition) is 1. The molecule has 1 amide bonds. The summed E-state index contributed by atoms with van der Waals surface area (Å²) >= 11 is 0. The summed E-state index contributed by atoms with van der Waals surface area (Å²) in [6, 6.07) is 4.05. The maximum absolute atomic E-state index is 12.3. The van der Waals surface area contributed by atoms with Crippen molar-refractivity contribution in [2.24, 2.45) is 0 Å². The Bertz CT molecular complexity index is 683. The molecule has 0 saturated carbocycles. The van der Waals surface area contributed by atoms with Gasteiger partial charge in [-0.25, -0.2) is 0 Å². The number of fused-ring (bicyclic) bond motifs is 1. The zero-order valence-electron chi connectivity index (χ0n) is 12.5. The van der Waals surface area contributed by atoms with E-state index in [1.807, 2.05) is 32.9 Å². The largest absolute Gasteiger partial charge is 0.450 e. The van der Waals surface area contributed by atoms with Crippen molar-refractivity contribution in [2.75, 3.05) is 19.8 Å². The second kappa shape index (κ2) is 5.50. The van der Waals surface area contributed by atoms with Gasteiger partial charge in [0.05, 0.1) is 19.8 Å². The molecule has 2 heterocycles. The first-order valence-corrected chi connectivity index (χ1v) is 7.08. The molecule has 1 aliphatic heterocycles. The van der Waals surface area contributed by atoms with Crippen LogP contribution >= 0.6 is 0 Å². The van der Waals surface area contributed by atoms with E-state index in [9.17, 15) is 4.79 Å². The third kappa shape index (κ3) is 2.54. The number of carbonyl (C=O) groups excluding carboxylic acids is 1. The monoisotopic (exact) mass is 289 g/mol. The van der Waals surface area contributed by atoms with Crippen molar-refractivity contribution >= 4 is 16.9 Å². The lowest BCUT2D eigenvalue weighted by Crippen LogP contribution is -2.32. The molecule has 1 saturated heterocycles. The molecule has 5 nitrogen and oxygen atoms in total. The number of carbonyl (C=O) groups is 1. The molecule has 1 aromatic heterocycles. The van der Waals surface area contributed by atoms with Crippen LogP contribution in [0.3, 0.4) is 0 Å². The van der Waals surface area contributed by atoms with Gasteiger partial charge in [0, 0.05) is 10.9 Å². The quantitative estimate of drug-likeness (QED) is 0.943. The molecule has 5 heteroatoms. The number of nitrogens with one attached hydrogen (secondary N) is 1. The summed E-state index contributed by atoms with van der Waals surface area (Å²) in [7, 11) is 0. The first-order chi connectivity index (χ1) is 10.1. The van der Waals surface area contributed by atoms with Gasteiger partial charge in [0.1, 0.15) is 5.58 Å². The van der Waals surface area contributed by atoms with Gasteiger partial charge in [-0.1, -0.05) is 12.1 Å². The summed E-state index contributed by atoms with van der Waals surface area (Å²) in [5.41, 5.74) is 3.79. The van der Waals surface area contributed by atoms with Crippen LogP contribution in [0.1, 0.15) is 27.2 Å². The summed E-state index contributed by atoms with van der Waals surface area (Å²) < 4.78 is 16.4. The van der Waals surface area contributed by atoms with Crippen LogP contribution in [0.4, 0.5) is 0 Å². The van der Waals surface area contributed by atoms with Gasteiger partial charge in [0.2, 0.25) is 0 Å². The highest BCUT2D eigenvalue weighted by atomic mass is 16.7. The minimum atomic E-state index is -0.359. The van der Waals surface area contributed by atoms with Crippen LogP contribution in [0.2, 0.25) is 0 Å². The maximum atomic E-state index is 12.3. The first-order valence-electron chi connectivity index (χ1n) is 7.08. The Kier molecular flexibility index (Phi) is 3.69. The molecular formula is C16H19NO4. The van der Waals surface area contributed by atoms with E-state index in [4.69, 9.17) is 13.9 Å². The van der Waals surface area contributed by atoms with Crippen molar-refractivity contribution in [3.63, 3.8) is 0 Å². The second-order valence-corrected chi connectivity index (χ2v) is 5.34. The second-order valence-electron chi connectivity index (χ2n) is 5.34. The van der Waals surface area contributed by atoms with E-state index in [1.54, 1.807) is 0 Å². The fourth-order valence-electron chi connectivity index (χ4n) is 2.67. The van der Waals surface area contributed by atoms with Crippen molar-refractivity contribution in [3.05, 3.63) is 34.6 Å². The molecule has 0 bridgehead atoms. The molecule has 0 aliphatic carbocycles. The van der Waals surface area contributed by atoms with E-state index in [2.05, 4.69) is 5.32 Å². The SMILES string of the molecule is Cc1ccc(C)c2c(C)c(C(=O)NCC3OCCO3)oc12. The molecule has 21 heavy (non-hydrogen) atoms. The number of furan rings is 1. The lowest BCUT2D eigenvalue weighted by molar-refractivity contribution is -0.0380. The lowest BCUT2D eigenvalue weighted by atomic mass is 10.0. The van der Waals surface area contributed by atoms with Crippen molar-refractivity contribution in [1.29, 1.82) is 0 Å². The third-order valence-corrected chi connectivity index (χ3v) is 3.81. The highest BCUT2D eigenvalue weighted by molar-refractivity contribution is 6.00. The van der Waals surface area contributed by atoms with Crippen molar-refractivity contribution in [3.8, 4) is 0 Å². The Morgan fingerprint density at radius 2 is 1.86 bits per heavy atom. The number of ether oxygens (including phenoxy) is 2. The van der Waals surface area contributed by atoms with Gasteiger partial charge in [-0.2, -0.15) is 0 Å². The summed E-state index contributed by atoms with van der Waals surface area (Å²) in [5, 5.41) is 3.82. The molecule has 1 aliphatic rings. The third-order valence-electron chi connectivity index (χ3n) is 3.81. The molecule has 1 N–H and O–H groups in total. The Hall–Kier alpha value is -1.85. The first kappa shape index (κ1) is 14.1. The predicted octanol–water partition coefficient (Wildman–Crippen LogP) is 2.46. The summed E-state index contributed by atoms with van der Waals surface area (Å²) in [4.78, 5) is 12.3. The molecule has 0 unspecified atom stereocenters. The predicted molar refractivity (Wildman–Crippen MR) is 78.5 cm³/mol. The average molecular weight is 289 g/mol. The van der Waals surface area contributed by atoms with Crippen LogP contribution in [0.15, 0.2) is 16.5 Å². The number of hydrogen-bond acceptors (Lipinski definition) is 4.